The fourth-order valence-corrected chi connectivity index (χ4v) is 1.80. The zero-order valence-electron chi connectivity index (χ0n) is 12.2. The Balaban J connectivity index is 2.71. The Bertz CT molecular complexity index is 415. The van der Waals surface area contributed by atoms with E-state index in [1.54, 1.807) is 7.05 Å². The molecule has 0 unspecified atom stereocenters. The molecule has 3 nitrogen and oxygen atoms in total. The van der Waals surface area contributed by atoms with Crippen LogP contribution in [0, 0.1) is 0 Å². The minimum atomic E-state index is -0.430. The van der Waals surface area contributed by atoms with Crippen LogP contribution in [-0.4, -0.2) is 29.0 Å². The monoisotopic (exact) mass is 276 g/mol. The third kappa shape index (κ3) is 4.71. The highest BCUT2D eigenvalue weighted by Crippen LogP contribution is 2.19. The molecule has 0 saturated carbocycles. The van der Waals surface area contributed by atoms with Crippen molar-refractivity contribution in [1.29, 1.82) is 0 Å². The number of hydrogen-bond acceptors (Lipinski definition) is 2. The van der Waals surface area contributed by atoms with Gasteiger partial charge in [0.05, 0.1) is 0 Å². The lowest BCUT2D eigenvalue weighted by Gasteiger charge is -2.27. The van der Waals surface area contributed by atoms with Gasteiger partial charge in [-0.25, -0.2) is 4.79 Å². The Morgan fingerprint density at radius 2 is 1.89 bits per heavy atom. The van der Waals surface area contributed by atoms with E-state index in [-0.39, 0.29) is 6.09 Å². The molecule has 0 fully saturated rings. The summed E-state index contributed by atoms with van der Waals surface area (Å²) in [5.74, 6) is 0. The average molecular weight is 276 g/mol. The van der Waals surface area contributed by atoms with Gasteiger partial charge in [0.1, 0.15) is 5.60 Å². The summed E-state index contributed by atoms with van der Waals surface area (Å²) in [6, 6.07) is 8.88. The summed E-state index contributed by atoms with van der Waals surface area (Å²) in [6.45, 7) is 5.83. The van der Waals surface area contributed by atoms with Gasteiger partial charge in [-0.05, 0) is 44.4 Å². The van der Waals surface area contributed by atoms with Crippen LogP contribution in [0.1, 0.15) is 32.8 Å². The fourth-order valence-electron chi connectivity index (χ4n) is 1.51. The van der Waals surface area contributed by atoms with Crippen LogP contribution in [0.3, 0.4) is 0 Å². The maximum atomic E-state index is 12.0. The highest BCUT2D eigenvalue weighted by Gasteiger charge is 2.23. The molecule has 1 aromatic carbocycles. The number of hydrogen-bond donors (Lipinski definition) is 0. The molecule has 0 saturated heterocycles. The molecule has 1 rings (SSSR count). The molecule has 0 aliphatic carbocycles. The predicted molar refractivity (Wildman–Crippen MR) is 80.0 cm³/mol. The summed E-state index contributed by atoms with van der Waals surface area (Å²) in [4.78, 5) is 13.6. The van der Waals surface area contributed by atoms with Gasteiger partial charge in [-0.3, -0.25) is 4.90 Å². The van der Waals surface area contributed by atoms with Crippen molar-refractivity contribution in [3.63, 3.8) is 0 Å². The third-order valence-corrected chi connectivity index (χ3v) is 3.48. The number of benzene rings is 1. The van der Waals surface area contributed by atoms with Crippen molar-refractivity contribution >= 4 is 22.0 Å². The van der Waals surface area contributed by atoms with Crippen molar-refractivity contribution in [2.75, 3.05) is 11.9 Å². The van der Waals surface area contributed by atoms with Gasteiger partial charge in [0, 0.05) is 23.0 Å². The summed E-state index contributed by atoms with van der Waals surface area (Å²) >= 11 is 0. The molecule has 0 aliphatic rings. The zero-order valence-corrected chi connectivity index (χ0v) is 13.2. The molecule has 19 heavy (non-hydrogen) atoms. The van der Waals surface area contributed by atoms with Crippen LogP contribution in [0.15, 0.2) is 24.3 Å². The van der Waals surface area contributed by atoms with E-state index in [2.05, 4.69) is 10.2 Å². The lowest BCUT2D eigenvalue weighted by atomic mass is 10.1. The van der Waals surface area contributed by atoms with Gasteiger partial charge < -0.3 is 4.74 Å². The topological polar surface area (TPSA) is 29.5 Å². The fraction of sp³-hybridized carbons (Fsp3) is 0.533. The number of nitrogens with zero attached hydrogens (tertiary/aromatic N) is 1. The minimum Gasteiger partial charge on any atom is -0.443 e. The molecular formula is C15H22NO2Si. The number of rotatable bonds is 5. The van der Waals surface area contributed by atoms with E-state index < -0.39 is 5.60 Å². The first-order chi connectivity index (χ1) is 8.89. The highest BCUT2D eigenvalue weighted by atomic mass is 28.1. The van der Waals surface area contributed by atoms with E-state index in [0.29, 0.717) is 0 Å². The second-order valence-corrected chi connectivity index (χ2v) is 5.71. The van der Waals surface area contributed by atoms with Crippen LogP contribution in [-0.2, 0) is 11.2 Å². The Morgan fingerprint density at radius 1 is 1.32 bits per heavy atom. The van der Waals surface area contributed by atoms with Crippen molar-refractivity contribution in [2.45, 2.75) is 45.3 Å². The zero-order chi connectivity index (χ0) is 14.5. The van der Waals surface area contributed by atoms with Gasteiger partial charge in [-0.15, -0.1) is 0 Å². The molecular weight excluding hydrogens is 254 g/mol. The predicted octanol–water partition coefficient (Wildman–Crippen LogP) is 3.58. The summed E-state index contributed by atoms with van der Waals surface area (Å²) in [5.41, 5.74) is 1.66. The number of aryl methyl sites for hydroxylation is 1. The lowest BCUT2D eigenvalue weighted by Crippen LogP contribution is -2.35. The van der Waals surface area contributed by atoms with Gasteiger partial charge in [0.25, 0.3) is 0 Å². The molecule has 0 spiro atoms. The van der Waals surface area contributed by atoms with Crippen LogP contribution in [0.5, 0.6) is 0 Å². The van der Waals surface area contributed by atoms with Crippen LogP contribution in [0.4, 0.5) is 10.5 Å². The molecule has 0 heterocycles. The molecule has 0 aromatic heterocycles. The number of amides is 1. The van der Waals surface area contributed by atoms with Gasteiger partial charge in [0.15, 0.2) is 0 Å². The molecule has 1 aromatic rings. The minimum absolute atomic E-state index is 0.320. The van der Waals surface area contributed by atoms with E-state index >= 15 is 0 Å². The molecule has 0 bridgehead atoms. The second kappa shape index (κ2) is 6.75. The molecule has 0 atom stereocenters. The summed E-state index contributed by atoms with van der Waals surface area (Å²) in [7, 11) is 5.19. The molecule has 0 aliphatic heterocycles. The van der Waals surface area contributed by atoms with E-state index in [9.17, 15) is 4.79 Å². The first-order valence-corrected chi connectivity index (χ1v) is 7.30. The third-order valence-electron chi connectivity index (χ3n) is 3.23. The van der Waals surface area contributed by atoms with E-state index in [4.69, 9.17) is 4.74 Å². The molecule has 1 amide bonds. The van der Waals surface area contributed by atoms with Crippen LogP contribution in [0.25, 0.3) is 0 Å². The normalized spacial score (nSPS) is 11.2. The number of carbonyl (C=O) groups is 1. The van der Waals surface area contributed by atoms with Crippen molar-refractivity contribution in [1.82, 2.24) is 0 Å². The molecule has 4 heteroatoms. The molecule has 103 valence electrons. The highest BCUT2D eigenvalue weighted by molar-refractivity contribution is 6.08. The summed E-state index contributed by atoms with van der Waals surface area (Å²) in [6.07, 6.45) is 1.45. The van der Waals surface area contributed by atoms with Crippen LogP contribution in [0.2, 0.25) is 6.04 Å². The van der Waals surface area contributed by atoms with Crippen LogP contribution >= 0.6 is 0 Å². The Labute approximate surface area is 119 Å². The first kappa shape index (κ1) is 15.8. The van der Waals surface area contributed by atoms with Gasteiger partial charge in [-0.1, -0.05) is 25.1 Å². The van der Waals surface area contributed by atoms with E-state index in [0.717, 1.165) is 24.6 Å². The van der Waals surface area contributed by atoms with Crippen molar-refractivity contribution in [2.24, 2.45) is 0 Å². The van der Waals surface area contributed by atoms with E-state index in [1.807, 2.05) is 45.0 Å². The first-order valence-electron chi connectivity index (χ1n) is 6.60. The quantitative estimate of drug-likeness (QED) is 0.769. The number of carbonyl (C=O) groups excluding carboxylic acids is 1. The van der Waals surface area contributed by atoms with E-state index in [1.165, 1.54) is 10.5 Å². The summed E-state index contributed by atoms with van der Waals surface area (Å²) < 4.78 is 5.46. The van der Waals surface area contributed by atoms with Crippen LogP contribution < -0.4 is 4.90 Å². The van der Waals surface area contributed by atoms with Crippen molar-refractivity contribution in [3.8, 4) is 0 Å². The van der Waals surface area contributed by atoms with Gasteiger partial charge in [-0.2, -0.15) is 0 Å². The Kier molecular flexibility index (Phi) is 5.60. The lowest BCUT2D eigenvalue weighted by molar-refractivity contribution is 0.0419. The molecule has 3 radical (unpaired) electrons. The smallest absolute Gasteiger partial charge is 0.414 e. The van der Waals surface area contributed by atoms with Gasteiger partial charge >= 0.3 is 6.09 Å². The standard InChI is InChI=1S/C15H22NO2Si/c1-5-15(2,3)18-14(17)16(4)13-8-6-12(7-9-13)10-11-19/h6-9H,5,10-11H2,1-4H3. The average Bonchev–Trinajstić information content (AvgIpc) is 2.38. The van der Waals surface area contributed by atoms with Gasteiger partial charge in [0.2, 0.25) is 0 Å². The Morgan fingerprint density at radius 3 is 2.37 bits per heavy atom. The maximum Gasteiger partial charge on any atom is 0.414 e. The molecule has 0 N–H and O–H groups in total. The number of ether oxygens (including phenoxy) is 1. The summed E-state index contributed by atoms with van der Waals surface area (Å²) in [5, 5.41) is 0. The SMILES string of the molecule is CCC(C)(C)OC(=O)N(C)c1ccc(CC[Si])cc1. The second-order valence-electron chi connectivity index (χ2n) is 5.21. The van der Waals surface area contributed by atoms with Crippen molar-refractivity contribution in [3.05, 3.63) is 29.8 Å². The number of anilines is 1. The van der Waals surface area contributed by atoms with Crippen molar-refractivity contribution < 1.29 is 9.53 Å². The maximum absolute atomic E-state index is 12.0. The Hall–Kier alpha value is -1.29. The largest absolute Gasteiger partial charge is 0.443 e.